The van der Waals surface area contributed by atoms with Crippen LogP contribution in [0.15, 0.2) is 71.9 Å². The fourth-order valence-electron chi connectivity index (χ4n) is 2.55. The van der Waals surface area contributed by atoms with Crippen LogP contribution in [0.4, 0.5) is 11.6 Å². The van der Waals surface area contributed by atoms with E-state index in [-0.39, 0.29) is 16.8 Å². The number of nitrogens with one attached hydrogen (secondary N) is 2. The highest BCUT2D eigenvalue weighted by molar-refractivity contribution is 7.92. The molecule has 0 aliphatic carbocycles. The number of hydrogen-bond donors (Lipinski definition) is 2. The molecule has 1 heterocycles. The lowest BCUT2D eigenvalue weighted by atomic mass is 10.1. The Morgan fingerprint density at radius 1 is 1.00 bits per heavy atom. The SMILES string of the molecule is COc1ccc(C=CC(=O)Nc2ccc(S(=O)(=O)Nc3ncccn3)cc2)c(OC)c1. The highest BCUT2D eigenvalue weighted by Gasteiger charge is 2.15. The van der Waals surface area contributed by atoms with Gasteiger partial charge in [0.15, 0.2) is 0 Å². The molecule has 0 spiro atoms. The minimum atomic E-state index is -3.84. The molecular weight excluding hydrogens is 420 g/mol. The summed E-state index contributed by atoms with van der Waals surface area (Å²) in [4.78, 5) is 19.9. The molecule has 9 nitrogen and oxygen atoms in total. The Balaban J connectivity index is 1.66. The molecule has 0 saturated heterocycles. The minimum Gasteiger partial charge on any atom is -0.497 e. The molecule has 1 aromatic heterocycles. The molecule has 0 radical (unpaired) electrons. The van der Waals surface area contributed by atoms with Crippen LogP contribution in [0.2, 0.25) is 0 Å². The second kappa shape index (κ2) is 9.72. The third-order valence-corrected chi connectivity index (χ3v) is 5.42. The van der Waals surface area contributed by atoms with Gasteiger partial charge in [0.1, 0.15) is 11.5 Å². The molecule has 3 rings (SSSR count). The van der Waals surface area contributed by atoms with E-state index in [0.29, 0.717) is 22.7 Å². The summed E-state index contributed by atoms with van der Waals surface area (Å²) in [6.07, 6.45) is 5.82. The number of sulfonamides is 1. The standard InChI is InChI=1S/C21H20N4O5S/c1-29-17-8-4-15(19(14-17)30-2)5-11-20(26)24-16-6-9-18(10-7-16)31(27,28)25-21-22-12-3-13-23-21/h3-14H,1-2H3,(H,24,26)(H,22,23,25). The van der Waals surface area contributed by atoms with Gasteiger partial charge in [-0.25, -0.2) is 23.1 Å². The molecule has 2 aromatic carbocycles. The molecule has 0 fully saturated rings. The van der Waals surface area contributed by atoms with Crippen molar-refractivity contribution in [3.8, 4) is 11.5 Å². The smallest absolute Gasteiger partial charge is 0.264 e. The summed E-state index contributed by atoms with van der Waals surface area (Å²) in [7, 11) is -0.760. The summed E-state index contributed by atoms with van der Waals surface area (Å²) in [6.45, 7) is 0. The Bertz CT molecular complexity index is 1180. The summed E-state index contributed by atoms with van der Waals surface area (Å²) in [5.41, 5.74) is 1.14. The molecule has 0 bridgehead atoms. The zero-order valence-electron chi connectivity index (χ0n) is 16.8. The lowest BCUT2D eigenvalue weighted by Gasteiger charge is -2.08. The Labute approximate surface area is 179 Å². The molecule has 0 atom stereocenters. The predicted octanol–water partition coefficient (Wildman–Crippen LogP) is 2.95. The van der Waals surface area contributed by atoms with Crippen LogP contribution < -0.4 is 19.5 Å². The quantitative estimate of drug-likeness (QED) is 0.517. The van der Waals surface area contributed by atoms with Crippen molar-refractivity contribution < 1.29 is 22.7 Å². The van der Waals surface area contributed by atoms with Crippen molar-refractivity contribution in [2.75, 3.05) is 24.3 Å². The number of rotatable bonds is 8. The molecule has 160 valence electrons. The number of methoxy groups -OCH3 is 2. The molecule has 0 saturated carbocycles. The van der Waals surface area contributed by atoms with E-state index >= 15 is 0 Å². The summed E-state index contributed by atoms with van der Waals surface area (Å²) >= 11 is 0. The normalized spacial score (nSPS) is 11.2. The van der Waals surface area contributed by atoms with Gasteiger partial charge in [0, 0.05) is 35.8 Å². The van der Waals surface area contributed by atoms with Crippen LogP contribution in [-0.4, -0.2) is 38.5 Å². The van der Waals surface area contributed by atoms with Crippen LogP contribution in [-0.2, 0) is 14.8 Å². The first kappa shape index (κ1) is 21.8. The second-order valence-corrected chi connectivity index (χ2v) is 7.82. The monoisotopic (exact) mass is 440 g/mol. The molecule has 0 aliphatic heterocycles. The summed E-state index contributed by atoms with van der Waals surface area (Å²) in [6, 6.07) is 12.5. The van der Waals surface area contributed by atoms with E-state index in [0.717, 1.165) is 0 Å². The van der Waals surface area contributed by atoms with Crippen molar-refractivity contribution in [2.24, 2.45) is 0 Å². The average Bonchev–Trinajstić information content (AvgIpc) is 2.78. The summed E-state index contributed by atoms with van der Waals surface area (Å²) in [5, 5.41) is 2.67. The largest absolute Gasteiger partial charge is 0.497 e. The van der Waals surface area contributed by atoms with Gasteiger partial charge in [-0.2, -0.15) is 0 Å². The molecule has 0 unspecified atom stereocenters. The number of carbonyl (C=O) groups is 1. The average molecular weight is 440 g/mol. The van der Waals surface area contributed by atoms with Crippen LogP contribution in [0.1, 0.15) is 5.56 Å². The van der Waals surface area contributed by atoms with E-state index in [2.05, 4.69) is 20.0 Å². The highest BCUT2D eigenvalue weighted by Crippen LogP contribution is 2.25. The second-order valence-electron chi connectivity index (χ2n) is 6.13. The van der Waals surface area contributed by atoms with E-state index in [1.807, 2.05) is 0 Å². The topological polar surface area (TPSA) is 120 Å². The third-order valence-electron chi connectivity index (χ3n) is 4.08. The van der Waals surface area contributed by atoms with Crippen LogP contribution in [0.3, 0.4) is 0 Å². The number of benzene rings is 2. The molecule has 1 amide bonds. The van der Waals surface area contributed by atoms with Crippen molar-refractivity contribution in [1.82, 2.24) is 9.97 Å². The van der Waals surface area contributed by atoms with E-state index in [1.54, 1.807) is 37.5 Å². The molecular formula is C21H20N4O5S. The Morgan fingerprint density at radius 2 is 1.71 bits per heavy atom. The number of ether oxygens (including phenoxy) is 2. The van der Waals surface area contributed by atoms with Gasteiger partial charge in [0.05, 0.1) is 19.1 Å². The van der Waals surface area contributed by atoms with Crippen molar-refractivity contribution in [2.45, 2.75) is 4.90 Å². The van der Waals surface area contributed by atoms with Crippen molar-refractivity contribution in [3.05, 3.63) is 72.6 Å². The van der Waals surface area contributed by atoms with E-state index in [9.17, 15) is 13.2 Å². The third kappa shape index (κ3) is 5.80. The van der Waals surface area contributed by atoms with Gasteiger partial charge < -0.3 is 14.8 Å². The summed E-state index contributed by atoms with van der Waals surface area (Å²) < 4.78 is 37.5. The van der Waals surface area contributed by atoms with E-state index in [4.69, 9.17) is 9.47 Å². The van der Waals surface area contributed by atoms with Crippen molar-refractivity contribution in [3.63, 3.8) is 0 Å². The maximum absolute atomic E-state index is 12.4. The lowest BCUT2D eigenvalue weighted by molar-refractivity contribution is -0.111. The summed E-state index contributed by atoms with van der Waals surface area (Å²) in [5.74, 6) is 0.790. The fraction of sp³-hybridized carbons (Fsp3) is 0.0952. The van der Waals surface area contributed by atoms with Gasteiger partial charge in [0.2, 0.25) is 11.9 Å². The van der Waals surface area contributed by atoms with Crippen LogP contribution in [0.5, 0.6) is 11.5 Å². The van der Waals surface area contributed by atoms with Crippen molar-refractivity contribution >= 4 is 33.6 Å². The lowest BCUT2D eigenvalue weighted by Crippen LogP contribution is -2.15. The minimum absolute atomic E-state index is 0.0106. The van der Waals surface area contributed by atoms with Crippen molar-refractivity contribution in [1.29, 1.82) is 0 Å². The van der Waals surface area contributed by atoms with E-state index in [1.165, 1.54) is 49.8 Å². The first-order valence-corrected chi connectivity index (χ1v) is 10.5. The number of carbonyl (C=O) groups excluding carboxylic acids is 1. The van der Waals surface area contributed by atoms with Gasteiger partial charge >= 0.3 is 0 Å². The number of anilines is 2. The molecule has 3 aromatic rings. The fourth-order valence-corrected chi connectivity index (χ4v) is 3.51. The first-order chi connectivity index (χ1) is 14.9. The van der Waals surface area contributed by atoms with Gasteiger partial charge in [-0.3, -0.25) is 4.79 Å². The van der Waals surface area contributed by atoms with Gasteiger partial charge in [-0.15, -0.1) is 0 Å². The Hall–Kier alpha value is -3.92. The number of aromatic nitrogens is 2. The molecule has 31 heavy (non-hydrogen) atoms. The number of amides is 1. The zero-order chi connectivity index (χ0) is 22.3. The molecule has 0 aliphatic rings. The van der Waals surface area contributed by atoms with Gasteiger partial charge in [0.25, 0.3) is 10.0 Å². The number of hydrogen-bond acceptors (Lipinski definition) is 7. The Kier molecular flexibility index (Phi) is 6.83. The maximum atomic E-state index is 12.4. The van der Waals surface area contributed by atoms with Gasteiger partial charge in [-0.05, 0) is 48.5 Å². The van der Waals surface area contributed by atoms with Crippen LogP contribution >= 0.6 is 0 Å². The zero-order valence-corrected chi connectivity index (χ0v) is 17.6. The van der Waals surface area contributed by atoms with Crippen LogP contribution in [0, 0.1) is 0 Å². The number of nitrogens with zero attached hydrogens (tertiary/aromatic N) is 2. The Morgan fingerprint density at radius 3 is 2.35 bits per heavy atom. The first-order valence-electron chi connectivity index (χ1n) is 9.02. The van der Waals surface area contributed by atoms with Gasteiger partial charge in [-0.1, -0.05) is 0 Å². The highest BCUT2D eigenvalue weighted by atomic mass is 32.2. The molecule has 2 N–H and O–H groups in total. The predicted molar refractivity (Wildman–Crippen MR) is 116 cm³/mol. The maximum Gasteiger partial charge on any atom is 0.264 e. The molecule has 10 heteroatoms. The van der Waals surface area contributed by atoms with Crippen LogP contribution in [0.25, 0.3) is 6.08 Å². The van der Waals surface area contributed by atoms with E-state index < -0.39 is 10.0 Å².